The number of hydrogen-bond acceptors (Lipinski definition) is 5. The molecule has 1 aromatic carbocycles. The first-order chi connectivity index (χ1) is 12.1. The van der Waals surface area contributed by atoms with Gasteiger partial charge in [-0.05, 0) is 35.9 Å². The number of phenolic OH excluding ortho intramolecular Hbond substituents is 1. The average Bonchev–Trinajstić information content (AvgIpc) is 2.65. The molecule has 6 heteroatoms. The number of phenols is 1. The number of methoxy groups -OCH3 is 1. The maximum Gasteiger partial charge on any atom is 0.262 e. The molecule has 0 saturated carbocycles. The number of nitrogens with one attached hydrogen (secondary N) is 1. The molecule has 0 atom stereocenters. The third kappa shape index (κ3) is 5.22. The fourth-order valence-electron chi connectivity index (χ4n) is 1.99. The largest absolute Gasteiger partial charge is 0.504 e. The Morgan fingerprint density at radius 2 is 2.24 bits per heavy atom. The van der Waals surface area contributed by atoms with Crippen LogP contribution in [0.1, 0.15) is 11.3 Å². The highest BCUT2D eigenvalue weighted by Gasteiger charge is 2.07. The van der Waals surface area contributed by atoms with E-state index in [9.17, 15) is 9.90 Å². The molecule has 0 aliphatic rings. The smallest absolute Gasteiger partial charge is 0.262 e. The summed E-state index contributed by atoms with van der Waals surface area (Å²) in [5, 5.41) is 21.3. The molecule has 6 nitrogen and oxygen atoms in total. The summed E-state index contributed by atoms with van der Waals surface area (Å²) in [5.41, 5.74) is 1.45. The third-order valence-electron chi connectivity index (χ3n) is 3.28. The number of carbonyl (C=O) groups excluding carboxylic acids is 1. The summed E-state index contributed by atoms with van der Waals surface area (Å²) >= 11 is 0. The Kier molecular flexibility index (Phi) is 6.32. The first-order valence-electron chi connectivity index (χ1n) is 7.47. The van der Waals surface area contributed by atoms with E-state index in [2.05, 4.69) is 10.3 Å². The molecule has 0 aliphatic heterocycles. The zero-order valence-corrected chi connectivity index (χ0v) is 13.6. The van der Waals surface area contributed by atoms with Crippen LogP contribution in [-0.4, -0.2) is 23.1 Å². The molecule has 2 N–H and O–H groups in total. The Hall–Kier alpha value is -3.59. The van der Waals surface area contributed by atoms with Gasteiger partial charge in [0, 0.05) is 6.20 Å². The summed E-state index contributed by atoms with van der Waals surface area (Å²) in [6, 6.07) is 12.1. The van der Waals surface area contributed by atoms with E-state index in [1.54, 1.807) is 42.6 Å². The van der Waals surface area contributed by atoms with E-state index in [1.165, 1.54) is 19.3 Å². The van der Waals surface area contributed by atoms with Crippen molar-refractivity contribution in [1.29, 1.82) is 5.26 Å². The van der Waals surface area contributed by atoms with Crippen LogP contribution >= 0.6 is 0 Å². The predicted molar refractivity (Wildman–Crippen MR) is 93.5 cm³/mol. The summed E-state index contributed by atoms with van der Waals surface area (Å²) in [6.45, 7) is 0.248. The van der Waals surface area contributed by atoms with Gasteiger partial charge in [0.2, 0.25) is 0 Å². The van der Waals surface area contributed by atoms with Crippen molar-refractivity contribution < 1.29 is 14.6 Å². The van der Waals surface area contributed by atoms with Crippen LogP contribution in [0.25, 0.3) is 6.08 Å². The van der Waals surface area contributed by atoms with Crippen LogP contribution in [0.3, 0.4) is 0 Å². The number of rotatable bonds is 6. The van der Waals surface area contributed by atoms with Crippen molar-refractivity contribution in [2.75, 3.05) is 7.11 Å². The molecule has 0 saturated heterocycles. The van der Waals surface area contributed by atoms with Gasteiger partial charge < -0.3 is 15.2 Å². The highest BCUT2D eigenvalue weighted by atomic mass is 16.5. The lowest BCUT2D eigenvalue weighted by Crippen LogP contribution is -2.24. The average molecular weight is 335 g/mol. The second kappa shape index (κ2) is 8.89. The molecule has 25 heavy (non-hydrogen) atoms. The number of hydrogen-bond donors (Lipinski definition) is 2. The molecule has 0 fully saturated rings. The Labute approximate surface area is 145 Å². The quantitative estimate of drug-likeness (QED) is 0.480. The summed E-state index contributed by atoms with van der Waals surface area (Å²) in [6.07, 6.45) is 6.35. The number of carbonyl (C=O) groups is 1. The molecule has 1 heterocycles. The van der Waals surface area contributed by atoms with Gasteiger partial charge in [-0.3, -0.25) is 9.78 Å². The number of aromatic nitrogens is 1. The number of aromatic hydroxyl groups is 1. The standard InChI is InChI=1S/C19H17N3O3/c1-25-18-11-14(8-9-17(18)23)5-4-6-15(12-20)19(24)22-13-16-7-2-3-10-21-16/h2-11,23H,13H2,1H3,(H,22,24)/b5-4+,15-6+. The zero-order valence-electron chi connectivity index (χ0n) is 13.6. The van der Waals surface area contributed by atoms with Crippen LogP contribution in [0.15, 0.2) is 60.3 Å². The number of amides is 1. The van der Waals surface area contributed by atoms with Gasteiger partial charge in [0.25, 0.3) is 5.91 Å². The molecule has 2 rings (SSSR count). The molecule has 126 valence electrons. The Morgan fingerprint density at radius 3 is 2.92 bits per heavy atom. The summed E-state index contributed by atoms with van der Waals surface area (Å²) in [5.74, 6) is -0.0809. The van der Waals surface area contributed by atoms with Crippen LogP contribution in [0, 0.1) is 11.3 Å². The molecule has 1 amide bonds. The third-order valence-corrected chi connectivity index (χ3v) is 3.28. The summed E-state index contributed by atoms with van der Waals surface area (Å²) < 4.78 is 5.02. The predicted octanol–water partition coefficient (Wildman–Crippen LogP) is 2.58. The van der Waals surface area contributed by atoms with E-state index in [4.69, 9.17) is 10.00 Å². The topological polar surface area (TPSA) is 95.2 Å². The number of nitriles is 1. The highest BCUT2D eigenvalue weighted by molar-refractivity contribution is 5.97. The first-order valence-corrected chi connectivity index (χ1v) is 7.47. The van der Waals surface area contributed by atoms with Crippen molar-refractivity contribution >= 4 is 12.0 Å². The first kappa shape index (κ1) is 17.8. The molecule has 0 aliphatic carbocycles. The van der Waals surface area contributed by atoms with Gasteiger partial charge in [0.1, 0.15) is 11.6 Å². The Balaban J connectivity index is 2.01. The molecule has 0 radical (unpaired) electrons. The van der Waals surface area contributed by atoms with Crippen LogP contribution in [0.4, 0.5) is 0 Å². The number of allylic oxidation sites excluding steroid dienone is 2. The van der Waals surface area contributed by atoms with E-state index in [1.807, 2.05) is 12.1 Å². The minimum Gasteiger partial charge on any atom is -0.504 e. The van der Waals surface area contributed by atoms with Gasteiger partial charge in [0.15, 0.2) is 11.5 Å². The minimum atomic E-state index is -0.471. The Bertz CT molecular complexity index is 837. The van der Waals surface area contributed by atoms with Crippen molar-refractivity contribution in [3.8, 4) is 17.6 Å². The van der Waals surface area contributed by atoms with E-state index in [-0.39, 0.29) is 17.9 Å². The van der Waals surface area contributed by atoms with Gasteiger partial charge >= 0.3 is 0 Å². The van der Waals surface area contributed by atoms with Gasteiger partial charge in [-0.25, -0.2) is 0 Å². The van der Waals surface area contributed by atoms with E-state index in [0.717, 1.165) is 5.56 Å². The molecule has 0 bridgehead atoms. The molecule has 2 aromatic rings. The van der Waals surface area contributed by atoms with Gasteiger partial charge in [0.05, 0.1) is 19.3 Å². The molecular formula is C19H17N3O3. The van der Waals surface area contributed by atoms with E-state index < -0.39 is 5.91 Å². The monoisotopic (exact) mass is 335 g/mol. The molecular weight excluding hydrogens is 318 g/mol. The van der Waals surface area contributed by atoms with Crippen molar-refractivity contribution in [2.45, 2.75) is 6.54 Å². The maximum atomic E-state index is 12.0. The molecule has 1 aromatic heterocycles. The normalized spacial score (nSPS) is 11.1. The van der Waals surface area contributed by atoms with Crippen molar-refractivity contribution in [3.05, 3.63) is 71.6 Å². The fraction of sp³-hybridized carbons (Fsp3) is 0.105. The van der Waals surface area contributed by atoms with Crippen LogP contribution < -0.4 is 10.1 Å². The SMILES string of the molecule is COc1cc(/C=C/C=C(\C#N)C(=O)NCc2ccccn2)ccc1O. The number of benzene rings is 1. The lowest BCUT2D eigenvalue weighted by Gasteiger charge is -2.03. The number of pyridine rings is 1. The van der Waals surface area contributed by atoms with Crippen LogP contribution in [0.5, 0.6) is 11.5 Å². The summed E-state index contributed by atoms with van der Waals surface area (Å²) in [4.78, 5) is 16.1. The number of ether oxygens (including phenoxy) is 1. The molecule has 0 unspecified atom stereocenters. The fourth-order valence-corrected chi connectivity index (χ4v) is 1.99. The van der Waals surface area contributed by atoms with Crippen molar-refractivity contribution in [2.24, 2.45) is 0 Å². The highest BCUT2D eigenvalue weighted by Crippen LogP contribution is 2.26. The van der Waals surface area contributed by atoms with E-state index in [0.29, 0.717) is 11.4 Å². The second-order valence-electron chi connectivity index (χ2n) is 4.99. The van der Waals surface area contributed by atoms with E-state index >= 15 is 0 Å². The molecule has 0 spiro atoms. The maximum absolute atomic E-state index is 12.0. The van der Waals surface area contributed by atoms with Crippen molar-refractivity contribution in [3.63, 3.8) is 0 Å². The number of nitrogens with zero attached hydrogens (tertiary/aromatic N) is 2. The van der Waals surface area contributed by atoms with Crippen LogP contribution in [0.2, 0.25) is 0 Å². The van der Waals surface area contributed by atoms with Crippen LogP contribution in [-0.2, 0) is 11.3 Å². The van der Waals surface area contributed by atoms with Gasteiger partial charge in [-0.15, -0.1) is 0 Å². The lowest BCUT2D eigenvalue weighted by atomic mass is 10.1. The van der Waals surface area contributed by atoms with Gasteiger partial charge in [-0.1, -0.05) is 24.3 Å². The Morgan fingerprint density at radius 1 is 1.40 bits per heavy atom. The van der Waals surface area contributed by atoms with Gasteiger partial charge in [-0.2, -0.15) is 5.26 Å². The minimum absolute atomic E-state index is 0.0158. The lowest BCUT2D eigenvalue weighted by molar-refractivity contribution is -0.117. The zero-order chi connectivity index (χ0) is 18.1. The van der Waals surface area contributed by atoms with Crippen molar-refractivity contribution in [1.82, 2.24) is 10.3 Å². The second-order valence-corrected chi connectivity index (χ2v) is 4.99. The summed E-state index contributed by atoms with van der Waals surface area (Å²) in [7, 11) is 1.46.